The van der Waals surface area contributed by atoms with Gasteiger partial charge in [0, 0.05) is 25.6 Å². The topological polar surface area (TPSA) is 49.8 Å². The summed E-state index contributed by atoms with van der Waals surface area (Å²) in [7, 11) is 0. The molecule has 1 heterocycles. The van der Waals surface area contributed by atoms with Gasteiger partial charge in [-0.3, -0.25) is 0 Å². The van der Waals surface area contributed by atoms with Gasteiger partial charge < -0.3 is 14.7 Å². The average molecular weight is 337 g/mol. The van der Waals surface area contributed by atoms with E-state index in [9.17, 15) is 4.79 Å². The van der Waals surface area contributed by atoms with Crippen LogP contribution in [0.4, 0.5) is 4.79 Å². The maximum atomic E-state index is 12.4. The summed E-state index contributed by atoms with van der Waals surface area (Å²) in [5.41, 5.74) is 4.94. The van der Waals surface area contributed by atoms with Crippen LogP contribution in [-0.2, 0) is 4.74 Å². The van der Waals surface area contributed by atoms with E-state index in [0.717, 1.165) is 19.4 Å². The van der Waals surface area contributed by atoms with Crippen LogP contribution in [0, 0.1) is 5.92 Å². The van der Waals surface area contributed by atoms with Gasteiger partial charge in [0.1, 0.15) is 6.61 Å². The smallest absolute Gasteiger partial charge is 0.409 e. The molecule has 1 fully saturated rings. The van der Waals surface area contributed by atoms with E-state index < -0.39 is 0 Å². The van der Waals surface area contributed by atoms with Gasteiger partial charge in [-0.05, 0) is 41.0 Å². The first kappa shape index (κ1) is 16.2. The summed E-state index contributed by atoms with van der Waals surface area (Å²) < 4.78 is 5.67. The minimum absolute atomic E-state index is 0.104. The predicted octanol–water partition coefficient (Wildman–Crippen LogP) is 3.64. The van der Waals surface area contributed by atoms with Gasteiger partial charge in [-0.1, -0.05) is 48.5 Å². The summed E-state index contributed by atoms with van der Waals surface area (Å²) in [4.78, 5) is 14.2. The number of aliphatic hydroxyl groups excluding tert-OH is 1. The van der Waals surface area contributed by atoms with Crippen molar-refractivity contribution < 1.29 is 14.6 Å². The Morgan fingerprint density at radius 1 is 1.08 bits per heavy atom. The highest BCUT2D eigenvalue weighted by atomic mass is 16.6. The molecular weight excluding hydrogens is 314 g/mol. The summed E-state index contributed by atoms with van der Waals surface area (Å²) in [6.07, 6.45) is 1.47. The monoisotopic (exact) mass is 337 g/mol. The van der Waals surface area contributed by atoms with Crippen molar-refractivity contribution in [3.05, 3.63) is 59.7 Å². The lowest BCUT2D eigenvalue weighted by atomic mass is 9.98. The molecule has 1 aliphatic heterocycles. The number of fused-ring (bicyclic) bond motifs is 3. The Kier molecular flexibility index (Phi) is 4.45. The van der Waals surface area contributed by atoms with E-state index >= 15 is 0 Å². The fraction of sp³-hybridized carbons (Fsp3) is 0.381. The number of amides is 1. The van der Waals surface area contributed by atoms with Gasteiger partial charge in [-0.25, -0.2) is 4.79 Å². The van der Waals surface area contributed by atoms with Gasteiger partial charge in [0.25, 0.3) is 0 Å². The predicted molar refractivity (Wildman–Crippen MR) is 96.5 cm³/mol. The lowest BCUT2D eigenvalue weighted by Crippen LogP contribution is -2.30. The van der Waals surface area contributed by atoms with Crippen LogP contribution >= 0.6 is 0 Å². The van der Waals surface area contributed by atoms with E-state index in [-0.39, 0.29) is 18.6 Å². The molecule has 0 bridgehead atoms. The van der Waals surface area contributed by atoms with E-state index in [1.165, 1.54) is 22.3 Å². The number of ether oxygens (including phenoxy) is 1. The first-order valence-corrected chi connectivity index (χ1v) is 8.98. The second-order valence-corrected chi connectivity index (χ2v) is 6.92. The Bertz CT molecular complexity index is 728. The van der Waals surface area contributed by atoms with Crippen molar-refractivity contribution in [1.82, 2.24) is 4.90 Å². The van der Waals surface area contributed by atoms with E-state index in [1.807, 2.05) is 12.1 Å². The van der Waals surface area contributed by atoms with Crippen molar-refractivity contribution in [2.45, 2.75) is 18.8 Å². The summed E-state index contributed by atoms with van der Waals surface area (Å²) in [6, 6.07) is 16.7. The summed E-state index contributed by atoms with van der Waals surface area (Å²) in [6.45, 7) is 1.97. The molecule has 1 atom stereocenters. The SMILES string of the molecule is O=C(OCC1c2ccccc2-c2ccccc21)N1CC[C@H](CCO)C1. The number of aliphatic hydroxyl groups is 1. The lowest BCUT2D eigenvalue weighted by Gasteiger charge is -2.19. The molecule has 130 valence electrons. The van der Waals surface area contributed by atoms with Crippen molar-refractivity contribution in [2.24, 2.45) is 5.92 Å². The van der Waals surface area contributed by atoms with Gasteiger partial charge >= 0.3 is 6.09 Å². The molecule has 1 saturated heterocycles. The van der Waals surface area contributed by atoms with Crippen LogP contribution in [0.2, 0.25) is 0 Å². The van der Waals surface area contributed by atoms with Crippen molar-refractivity contribution >= 4 is 6.09 Å². The second kappa shape index (κ2) is 6.89. The molecule has 1 N–H and O–H groups in total. The molecule has 0 radical (unpaired) electrons. The quantitative estimate of drug-likeness (QED) is 0.927. The number of hydrogen-bond acceptors (Lipinski definition) is 3. The zero-order valence-corrected chi connectivity index (χ0v) is 14.2. The zero-order valence-electron chi connectivity index (χ0n) is 14.2. The highest BCUT2D eigenvalue weighted by Gasteiger charge is 2.31. The largest absolute Gasteiger partial charge is 0.448 e. The minimum Gasteiger partial charge on any atom is -0.448 e. The van der Waals surface area contributed by atoms with E-state index in [4.69, 9.17) is 9.84 Å². The normalized spacial score (nSPS) is 18.9. The van der Waals surface area contributed by atoms with Crippen LogP contribution in [-0.4, -0.2) is 42.4 Å². The van der Waals surface area contributed by atoms with E-state index in [2.05, 4.69) is 36.4 Å². The molecule has 1 amide bonds. The van der Waals surface area contributed by atoms with E-state index in [0.29, 0.717) is 19.1 Å². The van der Waals surface area contributed by atoms with Crippen LogP contribution in [0.15, 0.2) is 48.5 Å². The standard InChI is InChI=1S/C21H23NO3/c23-12-10-15-9-11-22(13-15)21(24)25-14-20-18-7-3-1-5-16(18)17-6-2-4-8-19(17)20/h1-8,15,20,23H,9-14H2/t15-/m1/s1. The van der Waals surface area contributed by atoms with Crippen LogP contribution in [0.1, 0.15) is 29.9 Å². The maximum absolute atomic E-state index is 12.4. The fourth-order valence-corrected chi connectivity index (χ4v) is 4.10. The third-order valence-electron chi connectivity index (χ3n) is 5.42. The number of carbonyl (C=O) groups is 1. The molecule has 0 saturated carbocycles. The fourth-order valence-electron chi connectivity index (χ4n) is 4.10. The lowest BCUT2D eigenvalue weighted by molar-refractivity contribution is 0.106. The number of nitrogens with zero attached hydrogens (tertiary/aromatic N) is 1. The van der Waals surface area contributed by atoms with Crippen molar-refractivity contribution in [2.75, 3.05) is 26.3 Å². The molecule has 2 aliphatic rings. The first-order valence-electron chi connectivity index (χ1n) is 8.98. The van der Waals surface area contributed by atoms with Crippen LogP contribution in [0.25, 0.3) is 11.1 Å². The van der Waals surface area contributed by atoms with Gasteiger partial charge in [0.15, 0.2) is 0 Å². The van der Waals surface area contributed by atoms with Gasteiger partial charge in [-0.15, -0.1) is 0 Å². The van der Waals surface area contributed by atoms with Crippen molar-refractivity contribution in [3.63, 3.8) is 0 Å². The Balaban J connectivity index is 1.46. The average Bonchev–Trinajstić information content (AvgIpc) is 3.23. The van der Waals surface area contributed by atoms with Gasteiger partial charge in [0.05, 0.1) is 0 Å². The Labute approximate surface area is 148 Å². The minimum atomic E-state index is -0.234. The first-order chi connectivity index (χ1) is 12.3. The third kappa shape index (κ3) is 3.02. The molecule has 2 aromatic rings. The molecule has 4 nitrogen and oxygen atoms in total. The molecule has 4 heteroatoms. The molecule has 25 heavy (non-hydrogen) atoms. The van der Waals surface area contributed by atoms with E-state index in [1.54, 1.807) is 4.90 Å². The summed E-state index contributed by atoms with van der Waals surface area (Å²) in [5.74, 6) is 0.498. The molecule has 0 spiro atoms. The van der Waals surface area contributed by atoms with Crippen molar-refractivity contribution in [3.8, 4) is 11.1 Å². The van der Waals surface area contributed by atoms with Crippen LogP contribution < -0.4 is 0 Å². The summed E-state index contributed by atoms with van der Waals surface area (Å²) in [5, 5.41) is 9.05. The molecule has 2 aromatic carbocycles. The van der Waals surface area contributed by atoms with Crippen LogP contribution in [0.3, 0.4) is 0 Å². The Morgan fingerprint density at radius 3 is 2.36 bits per heavy atom. The molecule has 0 aromatic heterocycles. The summed E-state index contributed by atoms with van der Waals surface area (Å²) >= 11 is 0. The molecule has 1 aliphatic carbocycles. The number of carbonyl (C=O) groups excluding carboxylic acids is 1. The Morgan fingerprint density at radius 2 is 1.72 bits per heavy atom. The number of rotatable bonds is 4. The Hall–Kier alpha value is -2.33. The molecular formula is C21H23NO3. The number of likely N-dealkylation sites (tertiary alicyclic amines) is 1. The highest BCUT2D eigenvalue weighted by Crippen LogP contribution is 2.44. The second-order valence-electron chi connectivity index (χ2n) is 6.92. The number of benzene rings is 2. The maximum Gasteiger partial charge on any atom is 0.409 e. The van der Waals surface area contributed by atoms with Gasteiger partial charge in [-0.2, -0.15) is 0 Å². The molecule has 0 unspecified atom stereocenters. The van der Waals surface area contributed by atoms with Gasteiger partial charge in [0.2, 0.25) is 0 Å². The van der Waals surface area contributed by atoms with Crippen molar-refractivity contribution in [1.29, 1.82) is 0 Å². The number of hydrogen-bond donors (Lipinski definition) is 1. The zero-order chi connectivity index (χ0) is 17.2. The highest BCUT2D eigenvalue weighted by molar-refractivity contribution is 5.79. The van der Waals surface area contributed by atoms with Crippen LogP contribution in [0.5, 0.6) is 0 Å². The molecule has 4 rings (SSSR count). The third-order valence-corrected chi connectivity index (χ3v) is 5.42.